The van der Waals surface area contributed by atoms with Crippen molar-refractivity contribution in [1.29, 1.82) is 0 Å². The molecular weight excluding hydrogens is 298 g/mol. The van der Waals surface area contributed by atoms with E-state index in [0.717, 1.165) is 17.8 Å². The minimum atomic E-state index is -1.08. The third-order valence-electron chi connectivity index (χ3n) is 3.71. The van der Waals surface area contributed by atoms with Crippen LogP contribution < -0.4 is 5.32 Å². The normalized spacial score (nSPS) is 12.1. The van der Waals surface area contributed by atoms with Gasteiger partial charge in [-0.1, -0.05) is 0 Å². The second-order valence-corrected chi connectivity index (χ2v) is 5.31. The van der Waals surface area contributed by atoms with E-state index in [1.165, 1.54) is 10.7 Å². The molecule has 0 fully saturated rings. The molecule has 0 bridgehead atoms. The summed E-state index contributed by atoms with van der Waals surface area (Å²) in [5, 5.41) is 19.9. The van der Waals surface area contributed by atoms with E-state index in [1.807, 2.05) is 25.5 Å². The lowest BCUT2D eigenvalue weighted by molar-refractivity contribution is -0.122. The van der Waals surface area contributed by atoms with E-state index in [1.54, 1.807) is 12.4 Å². The fourth-order valence-corrected chi connectivity index (χ4v) is 2.41. The zero-order chi connectivity index (χ0) is 17.0. The summed E-state index contributed by atoms with van der Waals surface area (Å²) >= 11 is 0. The molecule has 2 aromatic heterocycles. The Kier molecular flexibility index (Phi) is 5.15. The molecule has 0 radical (unpaired) electrons. The summed E-state index contributed by atoms with van der Waals surface area (Å²) in [5.41, 5.74) is 2.01. The first-order valence-electron chi connectivity index (χ1n) is 7.50. The third kappa shape index (κ3) is 3.97. The maximum Gasteiger partial charge on any atom is 0.356 e. The number of aryl methyl sites for hydroxylation is 2. The number of carbonyl (C=O) groups excluding carboxylic acids is 1. The molecule has 1 unspecified atom stereocenters. The number of rotatable bonds is 7. The third-order valence-corrected chi connectivity index (χ3v) is 3.71. The van der Waals surface area contributed by atoms with Gasteiger partial charge in [0.05, 0.1) is 12.2 Å². The average molecular weight is 319 g/mol. The van der Waals surface area contributed by atoms with Crippen LogP contribution in [0.15, 0.2) is 18.5 Å². The van der Waals surface area contributed by atoms with Gasteiger partial charge >= 0.3 is 5.97 Å². The molecule has 0 saturated heterocycles. The standard InChI is InChI=1S/C15H21N5O3/c1-4-20-11(3)12(9-16-20)10(2)17-14(21)6-8-19-7-5-13(18-19)15(22)23/h5,7,9-10H,4,6,8H2,1-3H3,(H,17,21)(H,22,23). The highest BCUT2D eigenvalue weighted by molar-refractivity contribution is 5.85. The molecule has 2 N–H and O–H groups in total. The van der Waals surface area contributed by atoms with Gasteiger partial charge in [0.2, 0.25) is 5.91 Å². The first-order valence-corrected chi connectivity index (χ1v) is 7.50. The molecule has 8 nitrogen and oxygen atoms in total. The SMILES string of the molecule is CCn1ncc(C(C)NC(=O)CCn2ccc(C(=O)O)n2)c1C. The van der Waals surface area contributed by atoms with Gasteiger partial charge in [0.1, 0.15) is 0 Å². The maximum absolute atomic E-state index is 12.0. The van der Waals surface area contributed by atoms with Crippen molar-refractivity contribution >= 4 is 11.9 Å². The maximum atomic E-state index is 12.0. The second kappa shape index (κ2) is 7.08. The van der Waals surface area contributed by atoms with Gasteiger partial charge < -0.3 is 10.4 Å². The van der Waals surface area contributed by atoms with Crippen LogP contribution in [0.3, 0.4) is 0 Å². The van der Waals surface area contributed by atoms with Crippen molar-refractivity contribution in [3.8, 4) is 0 Å². The molecular formula is C15H21N5O3. The summed E-state index contributed by atoms with van der Waals surface area (Å²) in [6.07, 6.45) is 3.55. The lowest BCUT2D eigenvalue weighted by Gasteiger charge is -2.14. The van der Waals surface area contributed by atoms with Gasteiger partial charge in [0.15, 0.2) is 5.69 Å². The van der Waals surface area contributed by atoms with Crippen LogP contribution in [-0.2, 0) is 17.9 Å². The summed E-state index contributed by atoms with van der Waals surface area (Å²) in [6, 6.07) is 1.28. The molecule has 1 amide bonds. The van der Waals surface area contributed by atoms with Gasteiger partial charge in [-0.25, -0.2) is 4.79 Å². The van der Waals surface area contributed by atoms with Gasteiger partial charge in [0.25, 0.3) is 0 Å². The highest BCUT2D eigenvalue weighted by Gasteiger charge is 2.15. The molecule has 2 rings (SSSR count). The number of nitrogens with one attached hydrogen (secondary N) is 1. The zero-order valence-electron chi connectivity index (χ0n) is 13.5. The van der Waals surface area contributed by atoms with Gasteiger partial charge in [-0.2, -0.15) is 10.2 Å². The van der Waals surface area contributed by atoms with Crippen molar-refractivity contribution < 1.29 is 14.7 Å². The fourth-order valence-electron chi connectivity index (χ4n) is 2.41. The van der Waals surface area contributed by atoms with Crippen LogP contribution in [0.4, 0.5) is 0 Å². The lowest BCUT2D eigenvalue weighted by atomic mass is 10.1. The lowest BCUT2D eigenvalue weighted by Crippen LogP contribution is -2.27. The first kappa shape index (κ1) is 16.7. The van der Waals surface area contributed by atoms with Crippen LogP contribution >= 0.6 is 0 Å². The number of carboxylic acids is 1. The van der Waals surface area contributed by atoms with Crippen molar-refractivity contribution in [1.82, 2.24) is 24.9 Å². The molecule has 0 aromatic carbocycles. The van der Waals surface area contributed by atoms with Crippen LogP contribution in [0.2, 0.25) is 0 Å². The van der Waals surface area contributed by atoms with Crippen molar-refractivity contribution in [2.45, 2.75) is 46.3 Å². The molecule has 0 saturated carbocycles. The van der Waals surface area contributed by atoms with Crippen molar-refractivity contribution in [3.63, 3.8) is 0 Å². The number of aromatic carboxylic acids is 1. The Balaban J connectivity index is 1.88. The number of amides is 1. The van der Waals surface area contributed by atoms with Gasteiger partial charge in [-0.3, -0.25) is 14.2 Å². The summed E-state index contributed by atoms with van der Waals surface area (Å²) in [5.74, 6) is -1.20. The van der Waals surface area contributed by atoms with Crippen LogP contribution in [0.1, 0.15) is 48.1 Å². The quantitative estimate of drug-likeness (QED) is 0.802. The molecule has 124 valence electrons. The minimum absolute atomic E-state index is 0.0265. The Bertz CT molecular complexity index is 704. The molecule has 2 heterocycles. The van der Waals surface area contributed by atoms with Crippen LogP contribution in [0, 0.1) is 6.92 Å². The number of hydrogen-bond donors (Lipinski definition) is 2. The predicted molar refractivity (Wildman–Crippen MR) is 83.0 cm³/mol. The Hall–Kier alpha value is -2.64. The molecule has 2 aromatic rings. The largest absolute Gasteiger partial charge is 0.476 e. The number of carboxylic acid groups (broad SMARTS) is 1. The van der Waals surface area contributed by atoms with Crippen LogP contribution in [0.5, 0.6) is 0 Å². The van der Waals surface area contributed by atoms with E-state index in [2.05, 4.69) is 15.5 Å². The van der Waals surface area contributed by atoms with Crippen molar-refractivity contribution in [2.75, 3.05) is 0 Å². The molecule has 23 heavy (non-hydrogen) atoms. The van der Waals surface area contributed by atoms with Gasteiger partial charge in [-0.15, -0.1) is 0 Å². The molecule has 0 aliphatic carbocycles. The van der Waals surface area contributed by atoms with Crippen LogP contribution in [0.25, 0.3) is 0 Å². The van der Waals surface area contributed by atoms with E-state index in [9.17, 15) is 9.59 Å². The molecule has 0 spiro atoms. The Morgan fingerprint density at radius 1 is 1.43 bits per heavy atom. The van der Waals surface area contributed by atoms with E-state index in [0.29, 0.717) is 6.54 Å². The number of hydrogen-bond acceptors (Lipinski definition) is 4. The van der Waals surface area contributed by atoms with Gasteiger partial charge in [0, 0.05) is 37.0 Å². The Morgan fingerprint density at radius 3 is 2.74 bits per heavy atom. The van der Waals surface area contributed by atoms with E-state index < -0.39 is 5.97 Å². The summed E-state index contributed by atoms with van der Waals surface area (Å²) in [7, 11) is 0. The van der Waals surface area contributed by atoms with Crippen molar-refractivity contribution in [3.05, 3.63) is 35.4 Å². The first-order chi connectivity index (χ1) is 10.9. The Labute approximate surface area is 134 Å². The van der Waals surface area contributed by atoms with E-state index in [-0.39, 0.29) is 24.1 Å². The average Bonchev–Trinajstić information content (AvgIpc) is 3.11. The second-order valence-electron chi connectivity index (χ2n) is 5.31. The van der Waals surface area contributed by atoms with Gasteiger partial charge in [-0.05, 0) is 26.8 Å². The Morgan fingerprint density at radius 2 is 2.17 bits per heavy atom. The topological polar surface area (TPSA) is 102 Å². The predicted octanol–water partition coefficient (Wildman–Crippen LogP) is 1.37. The molecule has 0 aliphatic heterocycles. The van der Waals surface area contributed by atoms with E-state index in [4.69, 9.17) is 5.11 Å². The number of carbonyl (C=O) groups is 2. The van der Waals surface area contributed by atoms with Crippen LogP contribution in [-0.4, -0.2) is 36.5 Å². The smallest absolute Gasteiger partial charge is 0.356 e. The van der Waals surface area contributed by atoms with E-state index >= 15 is 0 Å². The number of nitrogens with zero attached hydrogens (tertiary/aromatic N) is 4. The highest BCUT2D eigenvalue weighted by Crippen LogP contribution is 2.16. The summed E-state index contributed by atoms with van der Waals surface area (Å²) in [4.78, 5) is 22.8. The summed E-state index contributed by atoms with van der Waals surface area (Å²) in [6.45, 7) is 7.03. The number of aromatic nitrogens is 4. The minimum Gasteiger partial charge on any atom is -0.476 e. The highest BCUT2D eigenvalue weighted by atomic mass is 16.4. The monoisotopic (exact) mass is 319 g/mol. The molecule has 0 aliphatic rings. The molecule has 1 atom stereocenters. The summed E-state index contributed by atoms with van der Waals surface area (Å²) < 4.78 is 3.34. The van der Waals surface area contributed by atoms with Crippen molar-refractivity contribution in [2.24, 2.45) is 0 Å². The molecule has 8 heteroatoms. The zero-order valence-corrected chi connectivity index (χ0v) is 13.5. The fraction of sp³-hybridized carbons (Fsp3) is 0.467.